The van der Waals surface area contributed by atoms with Crippen LogP contribution in [0.4, 0.5) is 0 Å². The molecular weight excluding hydrogens is 793 g/mol. The summed E-state index contributed by atoms with van der Waals surface area (Å²) < 4.78 is 16.7. The fourth-order valence-electron chi connectivity index (χ4n) is 6.69. The van der Waals surface area contributed by atoms with Gasteiger partial charge in [-0.1, -0.05) is 207 Å². The third-order valence-corrected chi connectivity index (χ3v) is 10.5. The minimum Gasteiger partial charge on any atom is -0.462 e. The Hall–Kier alpha value is -3.93. The zero-order chi connectivity index (χ0) is 46.5. The van der Waals surface area contributed by atoms with Crippen LogP contribution in [0.5, 0.6) is 0 Å². The molecule has 0 saturated carbocycles. The van der Waals surface area contributed by atoms with Crippen LogP contribution < -0.4 is 0 Å². The topological polar surface area (TPSA) is 78.9 Å². The van der Waals surface area contributed by atoms with Crippen molar-refractivity contribution in [3.05, 3.63) is 109 Å². The quantitative estimate of drug-likeness (QED) is 0.0262. The van der Waals surface area contributed by atoms with Gasteiger partial charge in [0.2, 0.25) is 0 Å². The van der Waals surface area contributed by atoms with Crippen LogP contribution in [0, 0.1) is 0 Å². The van der Waals surface area contributed by atoms with Gasteiger partial charge >= 0.3 is 17.9 Å². The highest BCUT2D eigenvalue weighted by atomic mass is 16.6. The summed E-state index contributed by atoms with van der Waals surface area (Å²) in [7, 11) is 0. The van der Waals surface area contributed by atoms with Crippen LogP contribution in [0.25, 0.3) is 0 Å². The largest absolute Gasteiger partial charge is 0.462 e. The van der Waals surface area contributed by atoms with E-state index in [9.17, 15) is 14.4 Å². The molecule has 0 aromatic carbocycles. The number of hydrogen-bond acceptors (Lipinski definition) is 6. The SMILES string of the molecule is CC/C=C\C/C=C\C/C=C\C/C=C\C/C=C\CCCCCC(=O)OCC(COC(=O)CCCCCCCCCC)OC(=O)CCCCCCCC/C=C\C/C=C\C/C=C\C/C=C\CC. The average molecular weight is 887 g/mol. The van der Waals surface area contributed by atoms with Gasteiger partial charge in [0.1, 0.15) is 13.2 Å². The van der Waals surface area contributed by atoms with Gasteiger partial charge in [-0.15, -0.1) is 0 Å². The number of hydrogen-bond donors (Lipinski definition) is 0. The van der Waals surface area contributed by atoms with Crippen LogP contribution in [0.1, 0.15) is 220 Å². The molecule has 0 aromatic rings. The van der Waals surface area contributed by atoms with Gasteiger partial charge in [-0.25, -0.2) is 0 Å². The first-order valence-electron chi connectivity index (χ1n) is 25.9. The van der Waals surface area contributed by atoms with Gasteiger partial charge in [0.15, 0.2) is 6.10 Å². The monoisotopic (exact) mass is 887 g/mol. The van der Waals surface area contributed by atoms with Crippen LogP contribution in [0.15, 0.2) is 109 Å². The zero-order valence-corrected chi connectivity index (χ0v) is 41.3. The molecule has 0 aliphatic carbocycles. The molecule has 1 unspecified atom stereocenters. The van der Waals surface area contributed by atoms with Gasteiger partial charge in [-0.3, -0.25) is 14.4 Å². The lowest BCUT2D eigenvalue weighted by Crippen LogP contribution is -2.30. The van der Waals surface area contributed by atoms with Crippen molar-refractivity contribution < 1.29 is 28.6 Å². The van der Waals surface area contributed by atoms with Crippen molar-refractivity contribution in [3.8, 4) is 0 Å². The summed E-state index contributed by atoms with van der Waals surface area (Å²) in [6.45, 7) is 6.33. The van der Waals surface area contributed by atoms with E-state index in [1.54, 1.807) is 0 Å². The Morgan fingerprint density at radius 2 is 0.609 bits per heavy atom. The molecule has 0 spiro atoms. The second-order valence-electron chi connectivity index (χ2n) is 16.7. The van der Waals surface area contributed by atoms with Crippen molar-refractivity contribution in [1.82, 2.24) is 0 Å². The highest BCUT2D eigenvalue weighted by Gasteiger charge is 2.19. The predicted molar refractivity (Wildman–Crippen MR) is 274 cm³/mol. The van der Waals surface area contributed by atoms with E-state index in [0.717, 1.165) is 135 Å². The first kappa shape index (κ1) is 60.1. The molecule has 0 fully saturated rings. The van der Waals surface area contributed by atoms with Crippen molar-refractivity contribution in [2.75, 3.05) is 13.2 Å². The number of carbonyl (C=O) groups excluding carboxylic acids is 3. The number of unbranched alkanes of at least 4 members (excludes halogenated alkanes) is 16. The van der Waals surface area contributed by atoms with Gasteiger partial charge < -0.3 is 14.2 Å². The Kier molecular flexibility index (Phi) is 48.5. The molecule has 0 aromatic heterocycles. The lowest BCUT2D eigenvalue weighted by atomic mass is 10.1. The van der Waals surface area contributed by atoms with Crippen LogP contribution in [0.2, 0.25) is 0 Å². The molecular formula is C58H94O6. The molecule has 0 bridgehead atoms. The summed E-state index contributed by atoms with van der Waals surface area (Å²) in [6, 6.07) is 0. The lowest BCUT2D eigenvalue weighted by molar-refractivity contribution is -0.167. The Balaban J connectivity index is 4.40. The summed E-state index contributed by atoms with van der Waals surface area (Å²) in [4.78, 5) is 37.9. The van der Waals surface area contributed by atoms with E-state index in [-0.39, 0.29) is 31.1 Å². The summed E-state index contributed by atoms with van der Waals surface area (Å²) in [5.41, 5.74) is 0. The minimum absolute atomic E-state index is 0.0958. The standard InChI is InChI=1S/C58H94O6/c1-4-7-10-13-16-19-21-23-25-27-29-31-33-35-37-39-42-45-48-51-57(60)63-54-55(53-62-56(59)50-47-44-41-18-15-12-9-6-3)64-58(61)52-49-46-43-40-38-36-34-32-30-28-26-24-22-20-17-14-11-8-5-2/h7-8,10-11,16-17,19-20,23-26,29-32,35,37,55H,4-6,9,12-15,18,21-22,27-28,33-34,36,38-54H2,1-3H3/b10-7-,11-8-,19-16-,20-17-,25-23-,26-24-,31-29-,32-30-,37-35-. The van der Waals surface area contributed by atoms with Gasteiger partial charge in [-0.05, 0) is 103 Å². The fourth-order valence-corrected chi connectivity index (χ4v) is 6.69. The molecule has 0 aliphatic heterocycles. The van der Waals surface area contributed by atoms with E-state index >= 15 is 0 Å². The molecule has 0 N–H and O–H groups in total. The van der Waals surface area contributed by atoms with Crippen molar-refractivity contribution >= 4 is 17.9 Å². The number of ether oxygens (including phenoxy) is 3. The molecule has 0 rings (SSSR count). The van der Waals surface area contributed by atoms with E-state index in [4.69, 9.17) is 14.2 Å². The summed E-state index contributed by atoms with van der Waals surface area (Å²) in [6.07, 6.45) is 69.4. The normalized spacial score (nSPS) is 13.0. The fraction of sp³-hybridized carbons (Fsp3) is 0.638. The van der Waals surface area contributed by atoms with E-state index in [0.29, 0.717) is 19.3 Å². The first-order valence-corrected chi connectivity index (χ1v) is 25.9. The van der Waals surface area contributed by atoms with Crippen molar-refractivity contribution in [2.45, 2.75) is 226 Å². The summed E-state index contributed by atoms with van der Waals surface area (Å²) >= 11 is 0. The minimum atomic E-state index is -0.798. The molecule has 0 aliphatic rings. The van der Waals surface area contributed by atoms with Crippen molar-refractivity contribution in [3.63, 3.8) is 0 Å². The van der Waals surface area contributed by atoms with Gasteiger partial charge in [0.05, 0.1) is 0 Å². The van der Waals surface area contributed by atoms with E-state index in [2.05, 4.69) is 130 Å². The Morgan fingerprint density at radius 3 is 0.969 bits per heavy atom. The summed E-state index contributed by atoms with van der Waals surface area (Å²) in [5, 5.41) is 0. The smallest absolute Gasteiger partial charge is 0.306 e. The second kappa shape index (κ2) is 51.7. The molecule has 6 heteroatoms. The Bertz CT molecular complexity index is 1340. The maximum atomic E-state index is 12.8. The maximum absolute atomic E-state index is 12.8. The highest BCUT2D eigenvalue weighted by molar-refractivity contribution is 5.71. The van der Waals surface area contributed by atoms with Crippen molar-refractivity contribution in [1.29, 1.82) is 0 Å². The van der Waals surface area contributed by atoms with E-state index in [1.807, 2.05) is 0 Å². The third kappa shape index (κ3) is 49.1. The van der Waals surface area contributed by atoms with E-state index in [1.165, 1.54) is 44.9 Å². The van der Waals surface area contributed by atoms with Crippen molar-refractivity contribution in [2.24, 2.45) is 0 Å². The molecule has 0 amide bonds. The molecule has 1 atom stereocenters. The van der Waals surface area contributed by atoms with E-state index < -0.39 is 6.10 Å². The number of allylic oxidation sites excluding steroid dienone is 18. The average Bonchev–Trinajstić information content (AvgIpc) is 3.29. The molecule has 64 heavy (non-hydrogen) atoms. The van der Waals surface area contributed by atoms with Crippen LogP contribution >= 0.6 is 0 Å². The molecule has 0 saturated heterocycles. The Morgan fingerprint density at radius 1 is 0.328 bits per heavy atom. The number of rotatable bonds is 45. The first-order chi connectivity index (χ1) is 31.5. The third-order valence-electron chi connectivity index (χ3n) is 10.5. The highest BCUT2D eigenvalue weighted by Crippen LogP contribution is 2.13. The molecule has 0 heterocycles. The molecule has 0 radical (unpaired) electrons. The molecule has 6 nitrogen and oxygen atoms in total. The number of esters is 3. The number of carbonyl (C=O) groups is 3. The predicted octanol–water partition coefficient (Wildman–Crippen LogP) is 17.1. The Labute approximate surface area is 393 Å². The summed E-state index contributed by atoms with van der Waals surface area (Å²) in [5.74, 6) is -0.953. The van der Waals surface area contributed by atoms with Gasteiger partial charge in [0.25, 0.3) is 0 Å². The lowest BCUT2D eigenvalue weighted by Gasteiger charge is -2.18. The second-order valence-corrected chi connectivity index (χ2v) is 16.7. The van der Waals surface area contributed by atoms with Crippen LogP contribution in [-0.4, -0.2) is 37.2 Å². The maximum Gasteiger partial charge on any atom is 0.306 e. The van der Waals surface area contributed by atoms with Gasteiger partial charge in [-0.2, -0.15) is 0 Å². The van der Waals surface area contributed by atoms with Crippen LogP contribution in [-0.2, 0) is 28.6 Å². The van der Waals surface area contributed by atoms with Gasteiger partial charge in [0, 0.05) is 19.3 Å². The molecule has 362 valence electrons. The zero-order valence-electron chi connectivity index (χ0n) is 41.3. The van der Waals surface area contributed by atoms with Crippen LogP contribution in [0.3, 0.4) is 0 Å².